The zero-order valence-corrected chi connectivity index (χ0v) is 20.6. The van der Waals surface area contributed by atoms with E-state index >= 15 is 0 Å². The maximum absolute atomic E-state index is 14.3. The van der Waals surface area contributed by atoms with Gasteiger partial charge in [0.25, 0.3) is 0 Å². The van der Waals surface area contributed by atoms with Gasteiger partial charge < -0.3 is 10.3 Å². The van der Waals surface area contributed by atoms with Crippen LogP contribution in [0.3, 0.4) is 0 Å². The lowest BCUT2D eigenvalue weighted by molar-refractivity contribution is 0.302. The second kappa shape index (κ2) is 12.2. The normalized spacial score (nSPS) is 22.1. The number of para-hydroxylation sites is 1. The van der Waals surface area contributed by atoms with E-state index in [2.05, 4.69) is 41.1 Å². The number of hydrogen-bond donors (Lipinski definition) is 1. The van der Waals surface area contributed by atoms with E-state index in [-0.39, 0.29) is 19.2 Å². The molecule has 2 fully saturated rings. The molecular formula is C32H45FN2. The highest BCUT2D eigenvalue weighted by Crippen LogP contribution is 2.38. The van der Waals surface area contributed by atoms with Crippen molar-refractivity contribution in [3.05, 3.63) is 71.7 Å². The fraction of sp³-hybridized carbons (Fsp3) is 0.562. The van der Waals surface area contributed by atoms with Gasteiger partial charge in [-0.05, 0) is 86.1 Å². The quantitative estimate of drug-likeness (QED) is 0.346. The Morgan fingerprint density at radius 1 is 0.886 bits per heavy atom. The van der Waals surface area contributed by atoms with Crippen molar-refractivity contribution in [1.82, 2.24) is 4.57 Å². The average Bonchev–Trinajstić information content (AvgIpc) is 3.22. The maximum atomic E-state index is 14.3. The van der Waals surface area contributed by atoms with Gasteiger partial charge in [0.15, 0.2) is 0 Å². The topological polar surface area (TPSA) is 30.9 Å². The van der Waals surface area contributed by atoms with Gasteiger partial charge >= 0.3 is 0 Å². The summed E-state index contributed by atoms with van der Waals surface area (Å²) < 4.78 is 16.8. The molecule has 1 unspecified atom stereocenters. The molecule has 2 aromatic carbocycles. The Balaban J connectivity index is 0.00000289. The first-order valence-corrected chi connectivity index (χ1v) is 13.8. The molecule has 190 valence electrons. The number of rotatable bonds is 8. The van der Waals surface area contributed by atoms with Crippen molar-refractivity contribution in [1.29, 1.82) is 0 Å². The molecule has 0 bridgehead atoms. The van der Waals surface area contributed by atoms with Crippen LogP contribution >= 0.6 is 0 Å². The van der Waals surface area contributed by atoms with E-state index in [1.54, 1.807) is 12.1 Å². The van der Waals surface area contributed by atoms with Gasteiger partial charge in [0, 0.05) is 35.6 Å². The summed E-state index contributed by atoms with van der Waals surface area (Å²) in [4.78, 5) is 0. The van der Waals surface area contributed by atoms with Crippen molar-refractivity contribution in [2.24, 2.45) is 17.6 Å². The molecule has 1 aromatic heterocycles. The van der Waals surface area contributed by atoms with Gasteiger partial charge in [-0.15, -0.1) is 0 Å². The van der Waals surface area contributed by atoms with Gasteiger partial charge in [-0.1, -0.05) is 69.9 Å². The lowest BCUT2D eigenvalue weighted by Crippen LogP contribution is -2.26. The minimum Gasteiger partial charge on any atom is -0.347 e. The summed E-state index contributed by atoms with van der Waals surface area (Å²) in [7, 11) is 0. The molecule has 1 heterocycles. The highest BCUT2D eigenvalue weighted by atomic mass is 19.1. The predicted molar refractivity (Wildman–Crippen MR) is 147 cm³/mol. The van der Waals surface area contributed by atoms with E-state index in [0.717, 1.165) is 30.4 Å². The summed E-state index contributed by atoms with van der Waals surface area (Å²) in [5.41, 5.74) is 9.96. The van der Waals surface area contributed by atoms with E-state index in [4.69, 9.17) is 5.73 Å². The number of nitrogens with two attached hydrogens (primary N) is 1. The van der Waals surface area contributed by atoms with E-state index in [9.17, 15) is 4.39 Å². The summed E-state index contributed by atoms with van der Waals surface area (Å²) in [6.45, 7) is 1.11. The molecule has 2 aliphatic rings. The highest BCUT2D eigenvalue weighted by Gasteiger charge is 2.23. The van der Waals surface area contributed by atoms with Crippen molar-refractivity contribution in [2.45, 2.75) is 103 Å². The van der Waals surface area contributed by atoms with Crippen LogP contribution in [0.15, 0.2) is 54.7 Å². The summed E-state index contributed by atoms with van der Waals surface area (Å²) in [6, 6.07) is 16.6. The standard InChI is InChI=1S/C31H41FN2.CH4/c32-26-12-7-11-25(20-26)28(14-6-10-23-16-18-27(33)19-17-23)30-22-34(21-24-8-2-1-3-9-24)31-15-5-4-13-29(30)31;/h4-5,7,11-13,15,20,22-24,27-28H,1-3,6,8-10,14,16-19,21,33H2;1H4. The molecule has 35 heavy (non-hydrogen) atoms. The number of benzene rings is 2. The summed E-state index contributed by atoms with van der Waals surface area (Å²) in [5, 5.41) is 1.34. The van der Waals surface area contributed by atoms with Gasteiger partial charge in [0.1, 0.15) is 5.82 Å². The molecule has 0 amide bonds. The fourth-order valence-corrected chi connectivity index (χ4v) is 6.66. The molecule has 0 radical (unpaired) electrons. The van der Waals surface area contributed by atoms with Crippen LogP contribution in [-0.2, 0) is 6.54 Å². The van der Waals surface area contributed by atoms with Crippen molar-refractivity contribution in [3.63, 3.8) is 0 Å². The van der Waals surface area contributed by atoms with E-state index < -0.39 is 0 Å². The SMILES string of the molecule is C.NC1CCC(CCCC(c2cccc(F)c2)c2cn(CC3CCCCC3)c3ccccc23)CC1. The van der Waals surface area contributed by atoms with Crippen molar-refractivity contribution < 1.29 is 4.39 Å². The summed E-state index contributed by atoms with van der Waals surface area (Å²) in [6.07, 6.45) is 17.6. The molecular weight excluding hydrogens is 431 g/mol. The second-order valence-electron chi connectivity index (χ2n) is 11.1. The zero-order chi connectivity index (χ0) is 23.3. The Morgan fingerprint density at radius 2 is 1.66 bits per heavy atom. The number of halogens is 1. The van der Waals surface area contributed by atoms with Crippen LogP contribution in [0, 0.1) is 17.7 Å². The van der Waals surface area contributed by atoms with E-state index in [1.165, 1.54) is 87.1 Å². The van der Waals surface area contributed by atoms with Crippen LogP contribution in [0.25, 0.3) is 10.9 Å². The number of aromatic nitrogens is 1. The van der Waals surface area contributed by atoms with Crippen molar-refractivity contribution in [2.75, 3.05) is 0 Å². The number of hydrogen-bond acceptors (Lipinski definition) is 1. The van der Waals surface area contributed by atoms with Crippen LogP contribution in [0.4, 0.5) is 4.39 Å². The predicted octanol–water partition coefficient (Wildman–Crippen LogP) is 8.82. The first-order chi connectivity index (χ1) is 16.7. The average molecular weight is 477 g/mol. The van der Waals surface area contributed by atoms with Gasteiger partial charge in [-0.2, -0.15) is 0 Å². The smallest absolute Gasteiger partial charge is 0.123 e. The lowest BCUT2D eigenvalue weighted by Gasteiger charge is -2.26. The Bertz CT molecular complexity index is 1060. The van der Waals surface area contributed by atoms with Gasteiger partial charge in [0.05, 0.1) is 0 Å². The molecule has 2 aliphatic carbocycles. The monoisotopic (exact) mass is 476 g/mol. The minimum atomic E-state index is -0.130. The Labute approximate surface area is 212 Å². The van der Waals surface area contributed by atoms with Crippen molar-refractivity contribution >= 4 is 10.9 Å². The molecule has 0 spiro atoms. The van der Waals surface area contributed by atoms with E-state index in [1.807, 2.05) is 6.07 Å². The molecule has 3 aromatic rings. The van der Waals surface area contributed by atoms with Gasteiger partial charge in [-0.25, -0.2) is 4.39 Å². The number of nitrogens with zero attached hydrogens (tertiary/aromatic N) is 1. The Kier molecular flexibility index (Phi) is 9.05. The lowest BCUT2D eigenvalue weighted by atomic mass is 9.81. The molecule has 2 saturated carbocycles. The second-order valence-corrected chi connectivity index (χ2v) is 11.1. The van der Waals surface area contributed by atoms with Gasteiger partial charge in [0.2, 0.25) is 0 Å². The molecule has 0 saturated heterocycles. The van der Waals surface area contributed by atoms with Gasteiger partial charge in [-0.3, -0.25) is 0 Å². The third-order valence-corrected chi connectivity index (χ3v) is 8.62. The summed E-state index contributed by atoms with van der Waals surface area (Å²) in [5.74, 6) is 1.69. The van der Waals surface area contributed by atoms with Crippen LogP contribution in [0.1, 0.15) is 102 Å². The molecule has 2 nitrogen and oxygen atoms in total. The minimum absolute atomic E-state index is 0. The third-order valence-electron chi connectivity index (χ3n) is 8.62. The Morgan fingerprint density at radius 3 is 2.43 bits per heavy atom. The van der Waals surface area contributed by atoms with Crippen LogP contribution in [-0.4, -0.2) is 10.6 Å². The largest absolute Gasteiger partial charge is 0.347 e. The molecule has 5 rings (SSSR count). The molecule has 0 aliphatic heterocycles. The fourth-order valence-electron chi connectivity index (χ4n) is 6.66. The number of fused-ring (bicyclic) bond motifs is 1. The molecule has 2 N–H and O–H groups in total. The first kappa shape index (κ1) is 25.9. The first-order valence-electron chi connectivity index (χ1n) is 13.8. The van der Waals surface area contributed by atoms with Crippen LogP contribution in [0.2, 0.25) is 0 Å². The highest BCUT2D eigenvalue weighted by molar-refractivity contribution is 5.85. The maximum Gasteiger partial charge on any atom is 0.123 e. The third kappa shape index (κ3) is 6.36. The van der Waals surface area contributed by atoms with E-state index in [0.29, 0.717) is 6.04 Å². The summed E-state index contributed by atoms with van der Waals surface area (Å²) >= 11 is 0. The van der Waals surface area contributed by atoms with Crippen LogP contribution < -0.4 is 5.73 Å². The van der Waals surface area contributed by atoms with Crippen molar-refractivity contribution in [3.8, 4) is 0 Å². The Hall–Kier alpha value is -2.13. The molecule has 1 atom stereocenters. The molecule has 3 heteroatoms. The zero-order valence-electron chi connectivity index (χ0n) is 20.6. The van der Waals surface area contributed by atoms with Crippen LogP contribution in [0.5, 0.6) is 0 Å².